The van der Waals surface area contributed by atoms with Crippen molar-refractivity contribution in [3.8, 4) is 5.75 Å². The molecule has 84 valence electrons. The van der Waals surface area contributed by atoms with Gasteiger partial charge in [-0.1, -0.05) is 0 Å². The van der Waals surface area contributed by atoms with Gasteiger partial charge in [0.25, 0.3) is 0 Å². The Morgan fingerprint density at radius 2 is 2.31 bits per heavy atom. The van der Waals surface area contributed by atoms with E-state index in [1.165, 1.54) is 6.07 Å². The lowest BCUT2D eigenvalue weighted by molar-refractivity contribution is 0.297. The molecule has 0 aliphatic rings. The molecule has 0 unspecified atom stereocenters. The first-order valence-electron chi connectivity index (χ1n) is 4.79. The Hall–Kier alpha value is -1.36. The molecule has 2 aromatic rings. The van der Waals surface area contributed by atoms with E-state index in [4.69, 9.17) is 4.74 Å². The van der Waals surface area contributed by atoms with Crippen LogP contribution < -0.4 is 4.74 Å². The fourth-order valence-corrected chi connectivity index (χ4v) is 1.61. The molecule has 0 atom stereocenters. The molecule has 0 saturated heterocycles. The van der Waals surface area contributed by atoms with Crippen LogP contribution in [-0.4, -0.2) is 16.2 Å². The quantitative estimate of drug-likeness (QED) is 0.863. The maximum Gasteiger partial charge on any atom is 0.137 e. The van der Waals surface area contributed by atoms with Crippen molar-refractivity contribution >= 4 is 15.9 Å². The van der Waals surface area contributed by atoms with E-state index in [9.17, 15) is 4.39 Å². The summed E-state index contributed by atoms with van der Waals surface area (Å²) in [6.45, 7) is 1.24. The minimum atomic E-state index is -0.290. The molecule has 0 spiro atoms. The monoisotopic (exact) mass is 284 g/mol. The van der Waals surface area contributed by atoms with Gasteiger partial charge in [-0.25, -0.2) is 9.37 Å². The maximum atomic E-state index is 12.9. The van der Waals surface area contributed by atoms with Gasteiger partial charge in [-0.3, -0.25) is 0 Å². The van der Waals surface area contributed by atoms with Crippen LogP contribution in [-0.2, 0) is 6.54 Å². The zero-order chi connectivity index (χ0) is 11.4. The molecule has 0 saturated carbocycles. The van der Waals surface area contributed by atoms with Crippen LogP contribution in [0.5, 0.6) is 5.75 Å². The summed E-state index contributed by atoms with van der Waals surface area (Å²) in [5.74, 6) is 0.357. The second kappa shape index (κ2) is 5.12. The summed E-state index contributed by atoms with van der Waals surface area (Å²) in [7, 11) is 0. The van der Waals surface area contributed by atoms with Crippen molar-refractivity contribution in [3.63, 3.8) is 0 Å². The zero-order valence-electron chi connectivity index (χ0n) is 8.44. The molecule has 3 nitrogen and oxygen atoms in total. The number of aromatic nitrogens is 2. The average Bonchev–Trinajstić information content (AvgIpc) is 2.76. The van der Waals surface area contributed by atoms with E-state index in [0.29, 0.717) is 16.8 Å². The van der Waals surface area contributed by atoms with Gasteiger partial charge in [-0.2, -0.15) is 0 Å². The summed E-state index contributed by atoms with van der Waals surface area (Å²) in [4.78, 5) is 3.92. The fourth-order valence-electron chi connectivity index (χ4n) is 1.25. The summed E-state index contributed by atoms with van der Waals surface area (Å²) in [5, 5.41) is 0. The van der Waals surface area contributed by atoms with Gasteiger partial charge in [0, 0.05) is 12.4 Å². The zero-order valence-corrected chi connectivity index (χ0v) is 10.0. The Balaban J connectivity index is 1.87. The highest BCUT2D eigenvalue weighted by Crippen LogP contribution is 2.21. The standard InChI is InChI=1S/C11H10BrFN2O/c12-10-7-9(1-2-11(10)13)16-6-5-15-4-3-14-8-15/h1-4,7-8H,5-6H2. The molecule has 0 aliphatic carbocycles. The minimum Gasteiger partial charge on any atom is -0.492 e. The molecule has 1 aromatic carbocycles. The number of benzene rings is 1. The second-order valence-corrected chi connectivity index (χ2v) is 4.08. The molecule has 1 aromatic heterocycles. The minimum absolute atomic E-state index is 0.290. The Kier molecular flexibility index (Phi) is 3.56. The van der Waals surface area contributed by atoms with Crippen LogP contribution in [0.25, 0.3) is 0 Å². The van der Waals surface area contributed by atoms with E-state index in [1.54, 1.807) is 24.7 Å². The number of halogens is 2. The predicted octanol–water partition coefficient (Wildman–Crippen LogP) is 2.86. The van der Waals surface area contributed by atoms with E-state index in [2.05, 4.69) is 20.9 Å². The van der Waals surface area contributed by atoms with Crippen LogP contribution in [0.15, 0.2) is 41.4 Å². The second-order valence-electron chi connectivity index (χ2n) is 3.22. The third kappa shape index (κ3) is 2.82. The van der Waals surface area contributed by atoms with E-state index in [-0.39, 0.29) is 5.82 Å². The normalized spacial score (nSPS) is 10.4. The number of ether oxygens (including phenoxy) is 1. The molecule has 0 N–H and O–H groups in total. The highest BCUT2D eigenvalue weighted by molar-refractivity contribution is 9.10. The van der Waals surface area contributed by atoms with E-state index >= 15 is 0 Å². The van der Waals surface area contributed by atoms with Crippen LogP contribution >= 0.6 is 15.9 Å². The first kappa shape index (κ1) is 11.1. The molecule has 16 heavy (non-hydrogen) atoms. The van der Waals surface area contributed by atoms with Crippen molar-refractivity contribution in [2.75, 3.05) is 6.61 Å². The lowest BCUT2D eigenvalue weighted by Crippen LogP contribution is -2.06. The van der Waals surface area contributed by atoms with Gasteiger partial charge in [0.15, 0.2) is 0 Å². The maximum absolute atomic E-state index is 12.9. The molecule has 0 radical (unpaired) electrons. The molecular formula is C11H10BrFN2O. The predicted molar refractivity (Wildman–Crippen MR) is 61.8 cm³/mol. The molecule has 0 aliphatic heterocycles. The third-order valence-corrected chi connectivity index (χ3v) is 2.68. The highest BCUT2D eigenvalue weighted by Gasteiger charge is 2.00. The average molecular weight is 285 g/mol. The number of rotatable bonds is 4. The Labute approximate surface area is 101 Å². The van der Waals surface area contributed by atoms with Gasteiger partial charge in [0.05, 0.1) is 17.3 Å². The molecular weight excluding hydrogens is 275 g/mol. The van der Waals surface area contributed by atoms with E-state index < -0.39 is 0 Å². The highest BCUT2D eigenvalue weighted by atomic mass is 79.9. The lowest BCUT2D eigenvalue weighted by Gasteiger charge is -2.07. The Bertz CT molecular complexity index is 459. The Morgan fingerprint density at radius 3 is 3.00 bits per heavy atom. The number of nitrogens with zero attached hydrogens (tertiary/aromatic N) is 2. The van der Waals surface area contributed by atoms with Crippen molar-refractivity contribution in [2.24, 2.45) is 0 Å². The Morgan fingerprint density at radius 1 is 1.44 bits per heavy atom. The molecule has 0 bridgehead atoms. The summed E-state index contributed by atoms with van der Waals surface area (Å²) in [5.41, 5.74) is 0. The van der Waals surface area contributed by atoms with Crippen molar-refractivity contribution in [1.82, 2.24) is 9.55 Å². The van der Waals surface area contributed by atoms with Gasteiger partial charge in [-0.15, -0.1) is 0 Å². The van der Waals surface area contributed by atoms with Crippen molar-refractivity contribution in [1.29, 1.82) is 0 Å². The van der Waals surface area contributed by atoms with Gasteiger partial charge in [0.1, 0.15) is 18.2 Å². The molecule has 1 heterocycles. The fraction of sp³-hybridized carbons (Fsp3) is 0.182. The van der Waals surface area contributed by atoms with Crippen LogP contribution in [0.1, 0.15) is 0 Å². The van der Waals surface area contributed by atoms with Gasteiger partial charge in [-0.05, 0) is 34.1 Å². The summed E-state index contributed by atoms with van der Waals surface area (Å²) >= 11 is 3.11. The van der Waals surface area contributed by atoms with Crippen molar-refractivity contribution < 1.29 is 9.13 Å². The SMILES string of the molecule is Fc1ccc(OCCn2ccnc2)cc1Br. The molecule has 5 heteroatoms. The van der Waals surface area contributed by atoms with Crippen molar-refractivity contribution in [3.05, 3.63) is 47.2 Å². The topological polar surface area (TPSA) is 27.1 Å². The molecule has 2 rings (SSSR count). The first-order chi connectivity index (χ1) is 7.75. The van der Waals surface area contributed by atoms with Crippen molar-refractivity contribution in [2.45, 2.75) is 6.54 Å². The largest absolute Gasteiger partial charge is 0.492 e. The van der Waals surface area contributed by atoms with Crippen LogP contribution in [0, 0.1) is 5.82 Å². The van der Waals surface area contributed by atoms with Crippen LogP contribution in [0.3, 0.4) is 0 Å². The smallest absolute Gasteiger partial charge is 0.137 e. The van der Waals surface area contributed by atoms with Gasteiger partial charge in [0.2, 0.25) is 0 Å². The summed E-state index contributed by atoms with van der Waals surface area (Å²) in [6.07, 6.45) is 5.31. The summed E-state index contributed by atoms with van der Waals surface area (Å²) < 4.78 is 20.7. The molecule has 0 amide bonds. The van der Waals surface area contributed by atoms with Crippen LogP contribution in [0.4, 0.5) is 4.39 Å². The van der Waals surface area contributed by atoms with Gasteiger partial charge < -0.3 is 9.30 Å². The first-order valence-corrected chi connectivity index (χ1v) is 5.58. The van der Waals surface area contributed by atoms with Crippen LogP contribution in [0.2, 0.25) is 0 Å². The van der Waals surface area contributed by atoms with E-state index in [0.717, 1.165) is 6.54 Å². The number of imidazole rings is 1. The number of hydrogen-bond donors (Lipinski definition) is 0. The van der Waals surface area contributed by atoms with E-state index in [1.807, 2.05) is 10.8 Å². The lowest BCUT2D eigenvalue weighted by atomic mass is 10.3. The van der Waals surface area contributed by atoms with Gasteiger partial charge >= 0.3 is 0 Å². The third-order valence-electron chi connectivity index (χ3n) is 2.07. The summed E-state index contributed by atoms with van der Waals surface area (Å²) in [6, 6.07) is 4.59. The molecule has 0 fully saturated rings. The number of hydrogen-bond acceptors (Lipinski definition) is 2.